The Bertz CT molecular complexity index is 718. The molecule has 1 aromatic carbocycles. The van der Waals surface area contributed by atoms with Crippen molar-refractivity contribution in [3.63, 3.8) is 0 Å². The van der Waals surface area contributed by atoms with Gasteiger partial charge in [0.05, 0.1) is 16.1 Å². The molecular weight excluding hydrogens is 301 g/mol. The molecule has 102 valence electrons. The van der Waals surface area contributed by atoms with E-state index >= 15 is 0 Å². The molecule has 0 fully saturated rings. The molecular formula is C10H8NNaO7S. The summed E-state index contributed by atoms with van der Waals surface area (Å²) in [5.41, 5.74) is -0.244. The van der Waals surface area contributed by atoms with E-state index in [4.69, 9.17) is 9.66 Å². The van der Waals surface area contributed by atoms with Crippen molar-refractivity contribution < 1.29 is 63.4 Å². The summed E-state index contributed by atoms with van der Waals surface area (Å²) >= 11 is 0. The molecule has 0 radical (unpaired) electrons. The largest absolute Gasteiger partial charge is 1.00 e. The van der Waals surface area contributed by atoms with Crippen molar-refractivity contribution in [3.05, 3.63) is 23.8 Å². The molecule has 2 rings (SSSR count). The number of hydrogen-bond acceptors (Lipinski definition) is 5. The molecule has 10 heteroatoms. The third-order valence-corrected chi connectivity index (χ3v) is 3.38. The summed E-state index contributed by atoms with van der Waals surface area (Å²) in [6, 6.07) is 2.92. The van der Waals surface area contributed by atoms with Crippen LogP contribution in [0.5, 0.6) is 0 Å². The standard InChI is InChI=1S/C10H7NO7S.Na.H/c12-8(13)4-11-7-2-1-5(19(16,17)18)3-6(7)9(14)10(11)15;;/h1-3H,4H2,(H,12,13)(H,16,17,18);;/q;+1;-1. The minimum absolute atomic E-state index is 0. The SMILES string of the molecule is O=C(O)CN1C(=O)C(=O)c2cc(S(=O)(=O)O)ccc21.[H-].[Na+]. The number of amides is 1. The zero-order valence-corrected chi connectivity index (χ0v) is 13.0. The molecule has 0 unspecified atom stereocenters. The number of anilines is 1. The van der Waals surface area contributed by atoms with Crippen LogP contribution in [0, 0.1) is 0 Å². The zero-order chi connectivity index (χ0) is 14.4. The van der Waals surface area contributed by atoms with Gasteiger partial charge in [0.15, 0.2) is 0 Å². The first kappa shape index (κ1) is 16.8. The Labute approximate surface area is 136 Å². The van der Waals surface area contributed by atoms with Crippen LogP contribution in [0.25, 0.3) is 0 Å². The molecule has 0 saturated carbocycles. The van der Waals surface area contributed by atoms with Gasteiger partial charge >= 0.3 is 35.5 Å². The average molecular weight is 309 g/mol. The van der Waals surface area contributed by atoms with Gasteiger partial charge in [-0.1, -0.05) is 0 Å². The van der Waals surface area contributed by atoms with E-state index in [0.717, 1.165) is 23.1 Å². The number of hydrogen-bond donors (Lipinski definition) is 2. The van der Waals surface area contributed by atoms with Crippen molar-refractivity contribution in [2.45, 2.75) is 4.90 Å². The van der Waals surface area contributed by atoms with Gasteiger partial charge in [-0.25, -0.2) is 0 Å². The Kier molecular flexibility index (Phi) is 4.72. The van der Waals surface area contributed by atoms with Gasteiger partial charge in [0.25, 0.3) is 21.8 Å². The monoisotopic (exact) mass is 309 g/mol. The quantitative estimate of drug-likeness (QED) is 0.339. The molecule has 0 aliphatic carbocycles. The molecule has 0 atom stereocenters. The molecule has 0 spiro atoms. The molecule has 1 amide bonds. The van der Waals surface area contributed by atoms with Crippen LogP contribution in [-0.4, -0.2) is 42.3 Å². The second-order valence-corrected chi connectivity index (χ2v) is 5.19. The predicted octanol–water partition coefficient (Wildman–Crippen LogP) is -3.34. The summed E-state index contributed by atoms with van der Waals surface area (Å²) in [4.78, 5) is 34.0. The summed E-state index contributed by atoms with van der Waals surface area (Å²) in [6.45, 7) is -0.706. The number of carboxylic acids is 1. The van der Waals surface area contributed by atoms with E-state index in [1.165, 1.54) is 0 Å². The summed E-state index contributed by atoms with van der Waals surface area (Å²) in [6.07, 6.45) is 0. The molecule has 0 bridgehead atoms. The number of carbonyl (C=O) groups is 3. The molecule has 2 N–H and O–H groups in total. The molecule has 1 aromatic rings. The van der Waals surface area contributed by atoms with Crippen molar-refractivity contribution in [2.75, 3.05) is 11.4 Å². The first-order chi connectivity index (χ1) is 8.71. The topological polar surface area (TPSA) is 129 Å². The number of fused-ring (bicyclic) bond motifs is 1. The minimum Gasteiger partial charge on any atom is -1.00 e. The third kappa shape index (κ3) is 2.91. The molecule has 0 saturated heterocycles. The first-order valence-electron chi connectivity index (χ1n) is 4.91. The molecule has 1 aliphatic rings. The Morgan fingerprint density at radius 3 is 2.40 bits per heavy atom. The van der Waals surface area contributed by atoms with Crippen LogP contribution in [-0.2, 0) is 19.7 Å². The van der Waals surface area contributed by atoms with Crippen molar-refractivity contribution in [1.29, 1.82) is 0 Å². The van der Waals surface area contributed by atoms with Gasteiger partial charge < -0.3 is 6.53 Å². The van der Waals surface area contributed by atoms with Crippen LogP contribution in [0.4, 0.5) is 5.69 Å². The van der Waals surface area contributed by atoms with Gasteiger partial charge in [-0.05, 0) is 18.2 Å². The Morgan fingerprint density at radius 1 is 1.30 bits per heavy atom. The van der Waals surface area contributed by atoms with E-state index in [9.17, 15) is 22.8 Å². The van der Waals surface area contributed by atoms with Crippen LogP contribution >= 0.6 is 0 Å². The van der Waals surface area contributed by atoms with E-state index in [-0.39, 0.29) is 42.2 Å². The molecule has 0 aromatic heterocycles. The zero-order valence-electron chi connectivity index (χ0n) is 11.2. The van der Waals surface area contributed by atoms with Gasteiger partial charge in [0, 0.05) is 0 Å². The van der Waals surface area contributed by atoms with E-state index in [1.807, 2.05) is 0 Å². The molecule has 1 aliphatic heterocycles. The number of nitrogens with zero attached hydrogens (tertiary/aromatic N) is 1. The van der Waals surface area contributed by atoms with Crippen LogP contribution in [0.3, 0.4) is 0 Å². The van der Waals surface area contributed by atoms with Crippen LogP contribution in [0.1, 0.15) is 11.8 Å². The van der Waals surface area contributed by atoms with Gasteiger partial charge in [0.1, 0.15) is 6.54 Å². The van der Waals surface area contributed by atoms with Gasteiger partial charge in [-0.2, -0.15) is 8.42 Å². The number of rotatable bonds is 3. The predicted molar refractivity (Wildman–Crippen MR) is 61.7 cm³/mol. The summed E-state index contributed by atoms with van der Waals surface area (Å²) < 4.78 is 30.7. The Hall–Kier alpha value is -1.26. The summed E-state index contributed by atoms with van der Waals surface area (Å²) in [7, 11) is -4.50. The minimum atomic E-state index is -4.50. The maximum absolute atomic E-state index is 11.6. The average Bonchev–Trinajstić information content (AvgIpc) is 2.53. The number of Topliss-reactive ketones (excluding diaryl/α,β-unsaturated/α-hetero) is 1. The van der Waals surface area contributed by atoms with E-state index in [2.05, 4.69) is 0 Å². The normalized spacial score (nSPS) is 13.9. The fraction of sp³-hybridized carbons (Fsp3) is 0.100. The summed E-state index contributed by atoms with van der Waals surface area (Å²) in [5, 5.41) is 8.65. The van der Waals surface area contributed by atoms with Gasteiger partial charge in [0.2, 0.25) is 0 Å². The molecule has 1 heterocycles. The number of carbonyl (C=O) groups excluding carboxylic acids is 2. The molecule has 8 nitrogen and oxygen atoms in total. The van der Waals surface area contributed by atoms with Crippen molar-refractivity contribution >= 4 is 33.5 Å². The number of aliphatic carboxylic acids is 1. The van der Waals surface area contributed by atoms with Crippen molar-refractivity contribution in [1.82, 2.24) is 0 Å². The Morgan fingerprint density at radius 2 is 1.90 bits per heavy atom. The van der Waals surface area contributed by atoms with Crippen molar-refractivity contribution in [2.24, 2.45) is 0 Å². The Balaban J connectivity index is 0.00000200. The van der Waals surface area contributed by atoms with Gasteiger partial charge in [-0.15, -0.1) is 0 Å². The third-order valence-electron chi connectivity index (χ3n) is 2.53. The maximum atomic E-state index is 11.6. The van der Waals surface area contributed by atoms with Crippen LogP contribution in [0.15, 0.2) is 23.1 Å². The fourth-order valence-electron chi connectivity index (χ4n) is 1.73. The maximum Gasteiger partial charge on any atom is 1.00 e. The van der Waals surface area contributed by atoms with E-state index < -0.39 is 39.2 Å². The van der Waals surface area contributed by atoms with Crippen molar-refractivity contribution in [3.8, 4) is 0 Å². The second kappa shape index (κ2) is 5.62. The van der Waals surface area contributed by atoms with Crippen LogP contribution < -0.4 is 34.5 Å². The first-order valence-corrected chi connectivity index (χ1v) is 6.35. The summed E-state index contributed by atoms with van der Waals surface area (Å²) in [5.74, 6) is -3.38. The number of benzene rings is 1. The van der Waals surface area contributed by atoms with E-state index in [1.54, 1.807) is 0 Å². The fourth-order valence-corrected chi connectivity index (χ4v) is 2.24. The smallest absolute Gasteiger partial charge is 1.00 e. The number of ketones is 1. The second-order valence-electron chi connectivity index (χ2n) is 3.77. The number of carboxylic acid groups (broad SMARTS) is 1. The van der Waals surface area contributed by atoms with E-state index in [0.29, 0.717) is 0 Å². The molecule has 20 heavy (non-hydrogen) atoms. The van der Waals surface area contributed by atoms with Gasteiger partial charge in [-0.3, -0.25) is 23.8 Å². The van der Waals surface area contributed by atoms with Crippen LogP contribution in [0.2, 0.25) is 0 Å².